The first-order valence-corrected chi connectivity index (χ1v) is 30.8. The van der Waals surface area contributed by atoms with Crippen LogP contribution in [0.2, 0.25) is 0 Å². The van der Waals surface area contributed by atoms with Crippen LogP contribution in [0.15, 0.2) is 0 Å². The van der Waals surface area contributed by atoms with Crippen LogP contribution in [0.3, 0.4) is 0 Å². The molecule has 0 saturated heterocycles. The minimum Gasteiger partial charge on any atom is -0.481 e. The Kier molecular flexibility index (Phi) is 39.7. The number of amides is 12. The molecule has 0 aliphatic rings. The maximum atomic E-state index is 14.4. The predicted molar refractivity (Wildman–Crippen MR) is 333 cm³/mol. The third-order valence-corrected chi connectivity index (χ3v) is 14.4. The van der Waals surface area contributed by atoms with Crippen molar-refractivity contribution in [3.05, 3.63) is 0 Å². The van der Waals surface area contributed by atoms with Crippen molar-refractivity contribution in [3.63, 3.8) is 0 Å². The maximum Gasteiger partial charge on any atom is 0.326 e. The van der Waals surface area contributed by atoms with Crippen LogP contribution in [0.4, 0.5) is 0 Å². The number of carbonyl (C=O) groups is 15. The molecule has 0 rings (SSSR count). The molecule has 26 N–H and O–H groups in total. The van der Waals surface area contributed by atoms with E-state index < -0.39 is 225 Å². The normalized spacial score (nSPS) is 15.0. The Morgan fingerprint density at radius 2 is 0.796 bits per heavy atom. The first kappa shape index (κ1) is 84.2. The largest absolute Gasteiger partial charge is 0.481 e. The monoisotopic (exact) mass is 1330 g/mol. The molecule has 12 atom stereocenters. The van der Waals surface area contributed by atoms with E-state index in [1.165, 1.54) is 13.8 Å². The lowest BCUT2D eigenvalue weighted by Crippen LogP contribution is -2.62. The lowest BCUT2D eigenvalue weighted by molar-refractivity contribution is -0.143. The number of hydrogen-bond acceptors (Lipinski definition) is 19. The van der Waals surface area contributed by atoms with Gasteiger partial charge in [-0.15, -0.1) is 0 Å². The Morgan fingerprint density at radius 3 is 1.20 bits per heavy atom. The zero-order valence-electron chi connectivity index (χ0n) is 54.2. The van der Waals surface area contributed by atoms with Crippen LogP contribution in [-0.2, 0) is 71.9 Å². The quantitative estimate of drug-likeness (QED) is 0.0153. The zero-order chi connectivity index (χ0) is 71.4. The average Bonchev–Trinajstić information content (AvgIpc) is 1.02. The van der Waals surface area contributed by atoms with Gasteiger partial charge in [-0.3, -0.25) is 72.5 Å². The van der Waals surface area contributed by atoms with Gasteiger partial charge in [0.25, 0.3) is 0 Å². The van der Waals surface area contributed by atoms with Gasteiger partial charge in [0.15, 0.2) is 5.96 Å². The molecule has 0 spiro atoms. The van der Waals surface area contributed by atoms with Gasteiger partial charge in [-0.25, -0.2) is 4.79 Å². The standard InChI is InChI=1S/C57H101N17O19/c1-9-30(8)45(55(91)68-32(13-10-11-21-58)47(83)70-37(23-27(2)3)51(87)69-36(56(92)93)17-20-42(78)79)74-49(85)33(14-12-22-64-57(62)63)66-53(89)39(26-75)72-52(88)38(24-28(4)5)71-54(90)44(29(6)7)73-50(86)35(16-19-41(61)77)67-48(84)34(15-18-40(60)76)65-46(82)31(59)25-43(80)81/h27-39,44-45,75H,9-26,58-59H2,1-8H3,(H2,60,76)(H2,61,77)(H,65,82)(H,66,89)(H,67,84)(H,68,91)(H,69,87)(H,70,83)(H,71,90)(H,72,88)(H,73,86)(H,74,85)(H,78,79)(H,80,81)(H,92,93)(H4,62,63,64)/t30-,31-,32-,33-,34-,35-,36-,37-,38-,39-,44-,45-/m0/s1. The van der Waals surface area contributed by atoms with Crippen molar-refractivity contribution in [2.24, 2.45) is 52.3 Å². The second kappa shape index (κ2) is 43.9. The summed E-state index contributed by atoms with van der Waals surface area (Å²) >= 11 is 0. The molecule has 0 fully saturated rings. The number of carbonyl (C=O) groups excluding carboxylic acids is 12. The second-order valence-corrected chi connectivity index (χ2v) is 23.8. The number of aliphatic carboxylic acids is 3. The molecule has 0 bridgehead atoms. The smallest absolute Gasteiger partial charge is 0.326 e. The highest BCUT2D eigenvalue weighted by atomic mass is 16.4. The molecule has 0 saturated carbocycles. The van der Waals surface area contributed by atoms with Crippen molar-refractivity contribution in [2.45, 2.75) is 218 Å². The molecule has 528 valence electrons. The van der Waals surface area contributed by atoms with Crippen LogP contribution in [0.5, 0.6) is 0 Å². The molecular weight excluding hydrogens is 1230 g/mol. The fourth-order valence-electron chi connectivity index (χ4n) is 8.98. The number of carboxylic acid groups (broad SMARTS) is 3. The van der Waals surface area contributed by atoms with Gasteiger partial charge in [0.2, 0.25) is 70.9 Å². The predicted octanol–water partition coefficient (Wildman–Crippen LogP) is -5.70. The van der Waals surface area contributed by atoms with E-state index in [2.05, 4.69) is 58.5 Å². The van der Waals surface area contributed by atoms with Gasteiger partial charge in [-0.05, 0) is 94.4 Å². The number of hydrogen-bond donors (Lipinski definition) is 21. The fourth-order valence-corrected chi connectivity index (χ4v) is 8.98. The highest BCUT2D eigenvalue weighted by molar-refractivity contribution is 5.99. The summed E-state index contributed by atoms with van der Waals surface area (Å²) in [5, 5.41) is 73.2. The number of aliphatic hydroxyl groups excluding tert-OH is 1. The summed E-state index contributed by atoms with van der Waals surface area (Å²) in [6.07, 6.45) is -3.13. The molecule has 36 heteroatoms. The average molecular weight is 1330 g/mol. The molecule has 36 nitrogen and oxygen atoms in total. The van der Waals surface area contributed by atoms with E-state index in [0.29, 0.717) is 6.42 Å². The number of rotatable bonds is 48. The van der Waals surface area contributed by atoms with Crippen molar-refractivity contribution in [2.75, 3.05) is 19.7 Å². The minimum atomic E-state index is -1.82. The van der Waals surface area contributed by atoms with Crippen molar-refractivity contribution < 1.29 is 92.3 Å². The van der Waals surface area contributed by atoms with Gasteiger partial charge in [-0.2, -0.15) is 0 Å². The van der Waals surface area contributed by atoms with Gasteiger partial charge in [0, 0.05) is 25.8 Å². The minimum absolute atomic E-state index is 0.00188. The summed E-state index contributed by atoms with van der Waals surface area (Å²) in [5.74, 6) is -18.6. The molecule has 93 heavy (non-hydrogen) atoms. The molecule has 0 heterocycles. The Bertz CT molecular complexity index is 2570. The summed E-state index contributed by atoms with van der Waals surface area (Å²) in [4.78, 5) is 197. The Morgan fingerprint density at radius 1 is 0.430 bits per heavy atom. The van der Waals surface area contributed by atoms with Crippen molar-refractivity contribution in [3.8, 4) is 0 Å². The van der Waals surface area contributed by atoms with Gasteiger partial charge in [0.1, 0.15) is 60.4 Å². The Hall–Kier alpha value is -8.80. The van der Waals surface area contributed by atoms with E-state index in [1.54, 1.807) is 41.5 Å². The molecule has 0 unspecified atom stereocenters. The van der Waals surface area contributed by atoms with E-state index in [4.69, 9.17) is 44.3 Å². The van der Waals surface area contributed by atoms with Crippen LogP contribution in [-0.4, -0.2) is 201 Å². The van der Waals surface area contributed by atoms with Crippen LogP contribution < -0.4 is 87.2 Å². The van der Waals surface area contributed by atoms with Gasteiger partial charge in [-0.1, -0.05) is 61.8 Å². The third kappa shape index (κ3) is 34.4. The SMILES string of the molecule is CC[C@H](C)[C@H](NC(=O)[C@H](CCCNC(=N)N)NC(=O)[C@H](CO)NC(=O)[C@H](CC(C)C)NC(=O)[C@@H](NC(=O)[C@H](CCC(N)=O)NC(=O)[C@H](CCC(N)=O)NC(=O)[C@@H](N)CC(=O)O)C(C)C)C(=O)N[C@@H](CCCCN)C(=O)N[C@@H](CC(C)C)C(=O)N[C@@H](CCC(=O)O)C(=O)O. The summed E-state index contributed by atoms with van der Waals surface area (Å²) in [5.41, 5.74) is 27.4. The van der Waals surface area contributed by atoms with Crippen LogP contribution in [0.1, 0.15) is 152 Å². The number of nitrogens with two attached hydrogens (primary N) is 5. The van der Waals surface area contributed by atoms with Crippen molar-refractivity contribution in [1.82, 2.24) is 58.5 Å². The summed E-state index contributed by atoms with van der Waals surface area (Å²) in [6, 6.07) is -17.0. The maximum absolute atomic E-state index is 14.4. The molecule has 0 aromatic heterocycles. The summed E-state index contributed by atoms with van der Waals surface area (Å²) in [7, 11) is 0. The first-order valence-electron chi connectivity index (χ1n) is 30.8. The lowest BCUT2D eigenvalue weighted by atomic mass is 9.96. The molecule has 0 aromatic carbocycles. The fraction of sp³-hybridized carbons (Fsp3) is 0.719. The molecular formula is C57H101N17O19. The zero-order valence-corrected chi connectivity index (χ0v) is 54.2. The van der Waals surface area contributed by atoms with Crippen molar-refractivity contribution in [1.29, 1.82) is 5.41 Å². The van der Waals surface area contributed by atoms with E-state index >= 15 is 0 Å². The highest BCUT2D eigenvalue weighted by Gasteiger charge is 2.38. The third-order valence-electron chi connectivity index (χ3n) is 14.4. The van der Waals surface area contributed by atoms with E-state index in [9.17, 15) is 82.1 Å². The van der Waals surface area contributed by atoms with E-state index in [-0.39, 0.29) is 69.9 Å². The topological polar surface area (TPSA) is 623 Å². The van der Waals surface area contributed by atoms with Crippen LogP contribution >= 0.6 is 0 Å². The summed E-state index contributed by atoms with van der Waals surface area (Å²) < 4.78 is 0. The number of unbranched alkanes of at least 4 members (excludes halogenated alkanes) is 1. The number of nitrogens with one attached hydrogen (secondary N) is 12. The van der Waals surface area contributed by atoms with E-state index in [0.717, 1.165) is 0 Å². The number of aliphatic hydroxyl groups is 1. The van der Waals surface area contributed by atoms with Gasteiger partial charge < -0.3 is 108 Å². The van der Waals surface area contributed by atoms with Crippen molar-refractivity contribution >= 4 is 94.8 Å². The Balaban J connectivity index is 6.97. The Labute approximate surface area is 539 Å². The molecule has 0 aliphatic heterocycles. The van der Waals surface area contributed by atoms with Gasteiger partial charge in [0.05, 0.1) is 19.1 Å². The highest BCUT2D eigenvalue weighted by Crippen LogP contribution is 2.15. The molecule has 12 amide bonds. The number of primary amides is 2. The molecule has 0 aromatic rings. The lowest BCUT2D eigenvalue weighted by Gasteiger charge is -2.30. The number of guanidine groups is 1. The van der Waals surface area contributed by atoms with Crippen LogP contribution in [0.25, 0.3) is 0 Å². The van der Waals surface area contributed by atoms with Gasteiger partial charge >= 0.3 is 17.9 Å². The second-order valence-electron chi connectivity index (χ2n) is 23.8. The summed E-state index contributed by atoms with van der Waals surface area (Å²) in [6.45, 7) is 12.3. The number of carboxylic acids is 3. The van der Waals surface area contributed by atoms with E-state index in [1.807, 2.05) is 0 Å². The molecule has 0 aliphatic carbocycles. The van der Waals surface area contributed by atoms with Crippen LogP contribution in [0, 0.1) is 29.1 Å². The first-order chi connectivity index (χ1) is 43.4. The molecule has 0 radical (unpaired) electrons.